The van der Waals surface area contributed by atoms with E-state index in [-0.39, 0.29) is 6.61 Å². The SMILES string of the molecule is COc1ccc(OCC(O)CN(Cc2cccc(C)c2)CC(C)C)cc1. The van der Waals surface area contributed by atoms with Gasteiger partial charge in [-0.3, -0.25) is 4.90 Å². The summed E-state index contributed by atoms with van der Waals surface area (Å²) in [5, 5.41) is 10.4. The number of ether oxygens (including phenoxy) is 2. The summed E-state index contributed by atoms with van der Waals surface area (Å²) < 4.78 is 10.8. The number of methoxy groups -OCH3 is 1. The van der Waals surface area contributed by atoms with Crippen molar-refractivity contribution < 1.29 is 14.6 Å². The molecule has 0 spiro atoms. The molecule has 1 unspecified atom stereocenters. The van der Waals surface area contributed by atoms with Gasteiger partial charge in [-0.15, -0.1) is 0 Å². The first-order valence-corrected chi connectivity index (χ1v) is 9.19. The highest BCUT2D eigenvalue weighted by Crippen LogP contribution is 2.17. The molecule has 4 heteroatoms. The molecule has 26 heavy (non-hydrogen) atoms. The molecule has 2 aromatic rings. The molecular formula is C22H31NO3. The van der Waals surface area contributed by atoms with Crippen molar-refractivity contribution in [3.8, 4) is 11.5 Å². The van der Waals surface area contributed by atoms with E-state index in [1.807, 2.05) is 24.3 Å². The average molecular weight is 357 g/mol. The third kappa shape index (κ3) is 7.06. The summed E-state index contributed by atoms with van der Waals surface area (Å²) in [6.45, 7) is 9.13. The number of hydrogen-bond donors (Lipinski definition) is 1. The van der Waals surface area contributed by atoms with E-state index in [1.165, 1.54) is 11.1 Å². The van der Waals surface area contributed by atoms with Crippen LogP contribution < -0.4 is 9.47 Å². The van der Waals surface area contributed by atoms with Crippen molar-refractivity contribution in [2.45, 2.75) is 33.4 Å². The minimum atomic E-state index is -0.541. The zero-order chi connectivity index (χ0) is 18.9. The van der Waals surface area contributed by atoms with E-state index >= 15 is 0 Å². The van der Waals surface area contributed by atoms with Crippen LogP contribution in [0.15, 0.2) is 48.5 Å². The van der Waals surface area contributed by atoms with E-state index in [1.54, 1.807) is 7.11 Å². The molecule has 0 radical (unpaired) electrons. The van der Waals surface area contributed by atoms with Gasteiger partial charge >= 0.3 is 0 Å². The summed E-state index contributed by atoms with van der Waals surface area (Å²) in [7, 11) is 1.64. The molecular weight excluding hydrogens is 326 g/mol. The van der Waals surface area contributed by atoms with Crippen LogP contribution in [0.3, 0.4) is 0 Å². The Morgan fingerprint density at radius 3 is 2.31 bits per heavy atom. The Hall–Kier alpha value is -2.04. The van der Waals surface area contributed by atoms with E-state index in [0.717, 1.165) is 24.6 Å². The number of aliphatic hydroxyl groups is 1. The van der Waals surface area contributed by atoms with Crippen molar-refractivity contribution in [2.24, 2.45) is 5.92 Å². The molecule has 1 N–H and O–H groups in total. The van der Waals surface area contributed by atoms with Crippen LogP contribution in [-0.2, 0) is 6.54 Å². The molecule has 1 atom stereocenters. The summed E-state index contributed by atoms with van der Waals surface area (Å²) in [5.41, 5.74) is 2.53. The Kier molecular flexibility index (Phi) is 7.95. The summed E-state index contributed by atoms with van der Waals surface area (Å²) in [5.74, 6) is 2.06. The van der Waals surface area contributed by atoms with Crippen LogP contribution in [0.5, 0.6) is 11.5 Å². The number of hydrogen-bond acceptors (Lipinski definition) is 4. The fourth-order valence-corrected chi connectivity index (χ4v) is 3.00. The summed E-state index contributed by atoms with van der Waals surface area (Å²) in [4.78, 5) is 2.29. The molecule has 0 heterocycles. The molecule has 0 bridgehead atoms. The second-order valence-corrected chi connectivity index (χ2v) is 7.22. The van der Waals surface area contributed by atoms with Crippen molar-refractivity contribution in [1.82, 2.24) is 4.90 Å². The highest BCUT2D eigenvalue weighted by Gasteiger charge is 2.14. The predicted molar refractivity (Wildman–Crippen MR) is 106 cm³/mol. The Labute approximate surface area is 157 Å². The number of nitrogens with zero attached hydrogens (tertiary/aromatic N) is 1. The van der Waals surface area contributed by atoms with Crippen LogP contribution in [0.2, 0.25) is 0 Å². The molecule has 0 amide bonds. The molecule has 2 aromatic carbocycles. The van der Waals surface area contributed by atoms with Gasteiger partial charge in [0.15, 0.2) is 0 Å². The van der Waals surface area contributed by atoms with Gasteiger partial charge in [0.25, 0.3) is 0 Å². The summed E-state index contributed by atoms with van der Waals surface area (Å²) >= 11 is 0. The lowest BCUT2D eigenvalue weighted by atomic mass is 10.1. The lowest BCUT2D eigenvalue weighted by Crippen LogP contribution is -2.37. The molecule has 0 saturated carbocycles. The van der Waals surface area contributed by atoms with Gasteiger partial charge in [0.2, 0.25) is 0 Å². The molecule has 0 aliphatic heterocycles. The van der Waals surface area contributed by atoms with Gasteiger partial charge in [-0.25, -0.2) is 0 Å². The van der Waals surface area contributed by atoms with E-state index in [4.69, 9.17) is 9.47 Å². The topological polar surface area (TPSA) is 41.9 Å². The average Bonchev–Trinajstić information content (AvgIpc) is 2.60. The Morgan fingerprint density at radius 1 is 1.00 bits per heavy atom. The Bertz CT molecular complexity index is 655. The second-order valence-electron chi connectivity index (χ2n) is 7.22. The normalized spacial score (nSPS) is 12.4. The molecule has 142 valence electrons. The van der Waals surface area contributed by atoms with Crippen LogP contribution in [0.1, 0.15) is 25.0 Å². The van der Waals surface area contributed by atoms with Gasteiger partial charge in [-0.05, 0) is 42.7 Å². The molecule has 2 rings (SSSR count). The van der Waals surface area contributed by atoms with Crippen molar-refractivity contribution in [3.63, 3.8) is 0 Å². The van der Waals surface area contributed by atoms with Crippen LogP contribution in [0.25, 0.3) is 0 Å². The van der Waals surface area contributed by atoms with Gasteiger partial charge in [0.05, 0.1) is 7.11 Å². The molecule has 0 aliphatic rings. The molecule has 0 aromatic heterocycles. The van der Waals surface area contributed by atoms with Gasteiger partial charge < -0.3 is 14.6 Å². The van der Waals surface area contributed by atoms with Crippen LogP contribution in [-0.4, -0.2) is 42.9 Å². The molecule has 0 fully saturated rings. The molecule has 4 nitrogen and oxygen atoms in total. The van der Waals surface area contributed by atoms with Crippen molar-refractivity contribution in [1.29, 1.82) is 0 Å². The van der Waals surface area contributed by atoms with Crippen LogP contribution >= 0.6 is 0 Å². The third-order valence-corrected chi connectivity index (χ3v) is 4.08. The Morgan fingerprint density at radius 2 is 1.69 bits per heavy atom. The van der Waals surface area contributed by atoms with Gasteiger partial charge in [0, 0.05) is 19.6 Å². The van der Waals surface area contributed by atoms with Crippen molar-refractivity contribution >= 4 is 0 Å². The number of rotatable bonds is 10. The quantitative estimate of drug-likeness (QED) is 0.700. The maximum absolute atomic E-state index is 10.4. The maximum atomic E-state index is 10.4. The van der Waals surface area contributed by atoms with E-state index in [2.05, 4.69) is 49.9 Å². The second kappa shape index (κ2) is 10.2. The van der Waals surface area contributed by atoms with Crippen LogP contribution in [0, 0.1) is 12.8 Å². The first kappa shape index (κ1) is 20.3. The minimum absolute atomic E-state index is 0.273. The van der Waals surface area contributed by atoms with E-state index in [0.29, 0.717) is 12.5 Å². The van der Waals surface area contributed by atoms with E-state index < -0.39 is 6.10 Å². The monoisotopic (exact) mass is 357 g/mol. The van der Waals surface area contributed by atoms with Gasteiger partial charge in [-0.2, -0.15) is 0 Å². The third-order valence-electron chi connectivity index (χ3n) is 4.08. The largest absolute Gasteiger partial charge is 0.497 e. The first-order chi connectivity index (χ1) is 12.5. The van der Waals surface area contributed by atoms with Gasteiger partial charge in [0.1, 0.15) is 24.2 Å². The highest BCUT2D eigenvalue weighted by molar-refractivity contribution is 5.31. The smallest absolute Gasteiger partial charge is 0.119 e. The fraction of sp³-hybridized carbons (Fsp3) is 0.455. The lowest BCUT2D eigenvalue weighted by Gasteiger charge is -2.27. The standard InChI is InChI=1S/C22H31NO3/c1-17(2)13-23(14-19-7-5-6-18(3)12-19)15-20(24)16-26-22-10-8-21(25-4)9-11-22/h5-12,17,20,24H,13-16H2,1-4H3. The number of aliphatic hydroxyl groups excluding tert-OH is 1. The number of benzene rings is 2. The highest BCUT2D eigenvalue weighted by atomic mass is 16.5. The molecule has 0 saturated heterocycles. The predicted octanol–water partition coefficient (Wildman–Crippen LogP) is 3.90. The lowest BCUT2D eigenvalue weighted by molar-refractivity contribution is 0.0615. The van der Waals surface area contributed by atoms with Crippen molar-refractivity contribution in [3.05, 3.63) is 59.7 Å². The van der Waals surface area contributed by atoms with Gasteiger partial charge in [-0.1, -0.05) is 43.7 Å². The van der Waals surface area contributed by atoms with Crippen molar-refractivity contribution in [2.75, 3.05) is 26.8 Å². The van der Waals surface area contributed by atoms with Crippen LogP contribution in [0.4, 0.5) is 0 Å². The van der Waals surface area contributed by atoms with E-state index in [9.17, 15) is 5.11 Å². The fourth-order valence-electron chi connectivity index (χ4n) is 3.00. The summed E-state index contributed by atoms with van der Waals surface area (Å²) in [6.07, 6.45) is -0.541. The Balaban J connectivity index is 1.89. The zero-order valence-electron chi connectivity index (χ0n) is 16.3. The zero-order valence-corrected chi connectivity index (χ0v) is 16.3. The maximum Gasteiger partial charge on any atom is 0.119 e. The number of aryl methyl sites for hydroxylation is 1. The summed E-state index contributed by atoms with van der Waals surface area (Å²) in [6, 6.07) is 15.9. The molecule has 0 aliphatic carbocycles. The minimum Gasteiger partial charge on any atom is -0.497 e. The first-order valence-electron chi connectivity index (χ1n) is 9.19.